The first kappa shape index (κ1) is 13.9. The Morgan fingerprint density at radius 3 is 2.75 bits per heavy atom. The molecule has 1 rings (SSSR count). The van der Waals surface area contributed by atoms with Crippen LogP contribution in [0.25, 0.3) is 6.08 Å². The van der Waals surface area contributed by atoms with Gasteiger partial charge in [0.2, 0.25) is 0 Å². The van der Waals surface area contributed by atoms with E-state index in [1.807, 2.05) is 11.3 Å². The molecule has 0 aliphatic rings. The van der Waals surface area contributed by atoms with Gasteiger partial charge in [0.15, 0.2) is 0 Å². The predicted molar refractivity (Wildman–Crippen MR) is 78.2 cm³/mol. The minimum absolute atomic E-state index is 1.01. The number of halogens is 1. The molecule has 0 saturated heterocycles. The molecule has 0 aromatic carbocycles. The van der Waals surface area contributed by atoms with Crippen LogP contribution in [0.1, 0.15) is 36.4 Å². The standard InChI is InChI=1S/C13H20BrNS/c1-4-6-15-9-11(5-2)7-12-8-13(14)10(3)16-12/h7-8,15H,4-6,9H2,1-3H3. The zero-order valence-corrected chi connectivity index (χ0v) is 12.7. The molecule has 1 heterocycles. The summed E-state index contributed by atoms with van der Waals surface area (Å²) in [4.78, 5) is 2.70. The van der Waals surface area contributed by atoms with E-state index in [1.165, 1.54) is 26.2 Å². The van der Waals surface area contributed by atoms with Crippen molar-refractivity contribution in [1.29, 1.82) is 0 Å². The van der Waals surface area contributed by atoms with Crippen LogP contribution in [0.2, 0.25) is 0 Å². The van der Waals surface area contributed by atoms with Crippen molar-refractivity contribution in [1.82, 2.24) is 5.32 Å². The number of aryl methyl sites for hydroxylation is 1. The number of nitrogens with one attached hydrogen (secondary N) is 1. The highest BCUT2D eigenvalue weighted by atomic mass is 79.9. The normalized spacial score (nSPS) is 12.1. The van der Waals surface area contributed by atoms with Gasteiger partial charge in [-0.15, -0.1) is 11.3 Å². The second-order valence-corrected chi connectivity index (χ2v) is 6.03. The minimum atomic E-state index is 1.01. The zero-order valence-electron chi connectivity index (χ0n) is 10.3. The van der Waals surface area contributed by atoms with Gasteiger partial charge in [-0.25, -0.2) is 0 Å². The molecular weight excluding hydrogens is 282 g/mol. The molecule has 0 aliphatic heterocycles. The zero-order chi connectivity index (χ0) is 12.0. The molecule has 90 valence electrons. The fourth-order valence-corrected chi connectivity index (χ4v) is 3.01. The molecule has 0 radical (unpaired) electrons. The van der Waals surface area contributed by atoms with Gasteiger partial charge in [-0.05, 0) is 54.4 Å². The highest BCUT2D eigenvalue weighted by molar-refractivity contribution is 9.10. The number of thiophene rings is 1. The van der Waals surface area contributed by atoms with Crippen LogP contribution in [0.5, 0.6) is 0 Å². The molecular formula is C13H20BrNS. The van der Waals surface area contributed by atoms with Crippen LogP contribution in [-0.4, -0.2) is 13.1 Å². The van der Waals surface area contributed by atoms with E-state index in [1.54, 1.807) is 0 Å². The summed E-state index contributed by atoms with van der Waals surface area (Å²) in [5, 5.41) is 3.45. The van der Waals surface area contributed by atoms with Gasteiger partial charge < -0.3 is 5.32 Å². The monoisotopic (exact) mass is 301 g/mol. The van der Waals surface area contributed by atoms with Crippen molar-refractivity contribution >= 4 is 33.3 Å². The Labute approximate surface area is 111 Å². The van der Waals surface area contributed by atoms with E-state index >= 15 is 0 Å². The third kappa shape index (κ3) is 4.40. The maximum absolute atomic E-state index is 3.56. The van der Waals surface area contributed by atoms with Crippen LogP contribution in [-0.2, 0) is 0 Å². The van der Waals surface area contributed by atoms with E-state index in [-0.39, 0.29) is 0 Å². The maximum atomic E-state index is 3.56. The van der Waals surface area contributed by atoms with Crippen molar-refractivity contribution in [3.63, 3.8) is 0 Å². The molecule has 0 unspecified atom stereocenters. The lowest BCUT2D eigenvalue weighted by molar-refractivity contribution is 0.706. The van der Waals surface area contributed by atoms with E-state index in [9.17, 15) is 0 Å². The molecule has 0 aliphatic carbocycles. The summed E-state index contributed by atoms with van der Waals surface area (Å²) >= 11 is 5.40. The minimum Gasteiger partial charge on any atom is -0.313 e. The van der Waals surface area contributed by atoms with E-state index in [0.717, 1.165) is 19.5 Å². The van der Waals surface area contributed by atoms with Crippen LogP contribution >= 0.6 is 27.3 Å². The third-order valence-electron chi connectivity index (χ3n) is 2.46. The van der Waals surface area contributed by atoms with Gasteiger partial charge in [-0.1, -0.05) is 19.4 Å². The van der Waals surface area contributed by atoms with Gasteiger partial charge in [-0.3, -0.25) is 0 Å². The van der Waals surface area contributed by atoms with Gasteiger partial charge >= 0.3 is 0 Å². The molecule has 0 amide bonds. The Morgan fingerprint density at radius 1 is 1.50 bits per heavy atom. The quantitative estimate of drug-likeness (QED) is 0.757. The third-order valence-corrected chi connectivity index (χ3v) is 4.54. The van der Waals surface area contributed by atoms with Crippen LogP contribution in [0.15, 0.2) is 16.1 Å². The first-order valence-electron chi connectivity index (χ1n) is 5.83. The van der Waals surface area contributed by atoms with Gasteiger partial charge in [0.25, 0.3) is 0 Å². The van der Waals surface area contributed by atoms with Gasteiger partial charge in [-0.2, -0.15) is 0 Å². The molecule has 0 spiro atoms. The van der Waals surface area contributed by atoms with Crippen LogP contribution in [0, 0.1) is 6.92 Å². The fourth-order valence-electron chi connectivity index (χ4n) is 1.46. The molecule has 16 heavy (non-hydrogen) atoms. The topological polar surface area (TPSA) is 12.0 Å². The highest BCUT2D eigenvalue weighted by Gasteiger charge is 2.01. The Kier molecular flexibility index (Phi) is 6.32. The molecule has 0 saturated carbocycles. The van der Waals surface area contributed by atoms with Crippen molar-refractivity contribution in [2.75, 3.05) is 13.1 Å². The summed E-state index contributed by atoms with van der Waals surface area (Å²) in [6, 6.07) is 2.20. The molecule has 1 nitrogen and oxygen atoms in total. The van der Waals surface area contributed by atoms with Crippen molar-refractivity contribution in [2.24, 2.45) is 0 Å². The maximum Gasteiger partial charge on any atom is 0.0317 e. The van der Waals surface area contributed by atoms with Crippen molar-refractivity contribution in [2.45, 2.75) is 33.6 Å². The number of hydrogen-bond donors (Lipinski definition) is 1. The van der Waals surface area contributed by atoms with Gasteiger partial charge in [0.05, 0.1) is 0 Å². The summed E-state index contributed by atoms with van der Waals surface area (Å²) in [7, 11) is 0. The molecule has 0 atom stereocenters. The Morgan fingerprint density at radius 2 is 2.25 bits per heavy atom. The Bertz CT molecular complexity index is 335. The average molecular weight is 302 g/mol. The predicted octanol–water partition coefficient (Wildman–Crippen LogP) is 4.61. The first-order chi connectivity index (χ1) is 7.67. The van der Waals surface area contributed by atoms with Crippen LogP contribution < -0.4 is 5.32 Å². The van der Waals surface area contributed by atoms with Crippen molar-refractivity contribution in [3.05, 3.63) is 25.9 Å². The second kappa shape index (κ2) is 7.25. The van der Waals surface area contributed by atoms with Crippen LogP contribution in [0.3, 0.4) is 0 Å². The fraction of sp³-hybridized carbons (Fsp3) is 0.538. The van der Waals surface area contributed by atoms with E-state index in [2.05, 4.69) is 54.2 Å². The summed E-state index contributed by atoms with van der Waals surface area (Å²) in [5.41, 5.74) is 1.47. The molecule has 0 fully saturated rings. The molecule has 1 aromatic rings. The SMILES string of the molecule is CCCNCC(=Cc1cc(Br)c(C)s1)CC. The van der Waals surface area contributed by atoms with Gasteiger partial charge in [0.1, 0.15) is 0 Å². The van der Waals surface area contributed by atoms with Crippen molar-refractivity contribution < 1.29 is 0 Å². The molecule has 1 aromatic heterocycles. The lowest BCUT2D eigenvalue weighted by Crippen LogP contribution is -2.17. The van der Waals surface area contributed by atoms with E-state index < -0.39 is 0 Å². The molecule has 1 N–H and O–H groups in total. The summed E-state index contributed by atoms with van der Waals surface area (Å²) in [6.07, 6.45) is 4.62. The summed E-state index contributed by atoms with van der Waals surface area (Å²) < 4.78 is 1.22. The average Bonchev–Trinajstić information content (AvgIpc) is 2.57. The largest absolute Gasteiger partial charge is 0.313 e. The Hall–Kier alpha value is -0.120. The van der Waals surface area contributed by atoms with E-state index in [0.29, 0.717) is 0 Å². The number of hydrogen-bond acceptors (Lipinski definition) is 2. The van der Waals surface area contributed by atoms with Crippen LogP contribution in [0.4, 0.5) is 0 Å². The van der Waals surface area contributed by atoms with E-state index in [4.69, 9.17) is 0 Å². The lowest BCUT2D eigenvalue weighted by atomic mass is 10.2. The highest BCUT2D eigenvalue weighted by Crippen LogP contribution is 2.28. The lowest BCUT2D eigenvalue weighted by Gasteiger charge is -2.05. The van der Waals surface area contributed by atoms with Gasteiger partial charge in [0, 0.05) is 20.8 Å². The second-order valence-electron chi connectivity index (χ2n) is 3.89. The smallest absolute Gasteiger partial charge is 0.0317 e. The molecule has 0 bridgehead atoms. The Balaban J connectivity index is 2.63. The summed E-state index contributed by atoms with van der Waals surface area (Å²) in [6.45, 7) is 8.67. The number of rotatable bonds is 6. The first-order valence-corrected chi connectivity index (χ1v) is 7.44. The summed E-state index contributed by atoms with van der Waals surface area (Å²) in [5.74, 6) is 0. The van der Waals surface area contributed by atoms with Crippen molar-refractivity contribution in [3.8, 4) is 0 Å². The molecule has 3 heteroatoms.